The average molecular weight is 479 g/mol. The summed E-state index contributed by atoms with van der Waals surface area (Å²) in [4.78, 5) is 37.3. The minimum Gasteiger partial charge on any atom is -0.481 e. The first-order valence-corrected chi connectivity index (χ1v) is 12.3. The van der Waals surface area contributed by atoms with E-state index in [1.54, 1.807) is 0 Å². The molecule has 2 aliphatic carbocycles. The maximum atomic E-state index is 13.0. The SMILES string of the molecule is CC(C)(C)C(NC(=O)OCC1c2ccccc2-c2ccccc21)C(=O)NC[C@H]1CCC[C@H]1C(=O)O. The number of aliphatic carboxylic acids is 1. The quantitative estimate of drug-likeness (QED) is 0.541. The molecule has 0 heterocycles. The zero-order valence-corrected chi connectivity index (χ0v) is 20.5. The lowest BCUT2D eigenvalue weighted by Gasteiger charge is -2.30. The van der Waals surface area contributed by atoms with E-state index in [1.165, 1.54) is 0 Å². The molecule has 0 aliphatic heterocycles. The lowest BCUT2D eigenvalue weighted by atomic mass is 9.86. The number of hydrogen-bond acceptors (Lipinski definition) is 4. The van der Waals surface area contributed by atoms with Crippen molar-refractivity contribution >= 4 is 18.0 Å². The number of carbonyl (C=O) groups excluding carboxylic acids is 2. The third-order valence-electron chi connectivity index (χ3n) is 7.25. The normalized spacial score (nSPS) is 20.0. The molecular formula is C28H34N2O5. The topological polar surface area (TPSA) is 105 Å². The number of ether oxygens (including phenoxy) is 1. The van der Waals surface area contributed by atoms with Crippen LogP contribution >= 0.6 is 0 Å². The minimum atomic E-state index is -0.817. The summed E-state index contributed by atoms with van der Waals surface area (Å²) in [6, 6.07) is 15.4. The van der Waals surface area contributed by atoms with E-state index in [0.29, 0.717) is 6.42 Å². The van der Waals surface area contributed by atoms with Crippen molar-refractivity contribution in [1.82, 2.24) is 10.6 Å². The van der Waals surface area contributed by atoms with Crippen molar-refractivity contribution < 1.29 is 24.2 Å². The van der Waals surface area contributed by atoms with Crippen molar-refractivity contribution in [2.75, 3.05) is 13.2 Å². The fourth-order valence-corrected chi connectivity index (χ4v) is 5.37. The van der Waals surface area contributed by atoms with Crippen molar-refractivity contribution in [1.29, 1.82) is 0 Å². The number of benzene rings is 2. The molecule has 35 heavy (non-hydrogen) atoms. The average Bonchev–Trinajstić information content (AvgIpc) is 3.42. The first kappa shape index (κ1) is 24.8. The molecule has 0 bridgehead atoms. The van der Waals surface area contributed by atoms with Crippen molar-refractivity contribution in [3.05, 3.63) is 59.7 Å². The molecule has 1 unspecified atom stereocenters. The number of alkyl carbamates (subject to hydrolysis) is 1. The van der Waals surface area contributed by atoms with E-state index in [1.807, 2.05) is 45.0 Å². The van der Waals surface area contributed by atoms with Gasteiger partial charge in [0.25, 0.3) is 0 Å². The molecule has 186 valence electrons. The number of rotatable bonds is 7. The summed E-state index contributed by atoms with van der Waals surface area (Å²) in [5.74, 6) is -1.73. The zero-order chi connectivity index (χ0) is 25.2. The summed E-state index contributed by atoms with van der Waals surface area (Å²) >= 11 is 0. The minimum absolute atomic E-state index is 0.0645. The van der Waals surface area contributed by atoms with Gasteiger partial charge in [-0.2, -0.15) is 0 Å². The summed E-state index contributed by atoms with van der Waals surface area (Å²) in [7, 11) is 0. The van der Waals surface area contributed by atoms with Gasteiger partial charge in [-0.15, -0.1) is 0 Å². The largest absolute Gasteiger partial charge is 0.481 e. The maximum Gasteiger partial charge on any atom is 0.407 e. The second-order valence-electron chi connectivity index (χ2n) is 10.6. The highest BCUT2D eigenvalue weighted by Crippen LogP contribution is 2.44. The lowest BCUT2D eigenvalue weighted by Crippen LogP contribution is -2.54. The Balaban J connectivity index is 1.38. The molecule has 2 aromatic carbocycles. The molecule has 2 amide bonds. The van der Waals surface area contributed by atoms with Gasteiger partial charge >= 0.3 is 12.1 Å². The second-order valence-corrected chi connectivity index (χ2v) is 10.6. The molecule has 0 aromatic heterocycles. The van der Waals surface area contributed by atoms with E-state index >= 15 is 0 Å². The highest BCUT2D eigenvalue weighted by atomic mass is 16.5. The van der Waals surface area contributed by atoms with Gasteiger partial charge in [0.05, 0.1) is 5.92 Å². The predicted molar refractivity (Wildman–Crippen MR) is 133 cm³/mol. The predicted octanol–water partition coefficient (Wildman–Crippen LogP) is 4.56. The maximum absolute atomic E-state index is 13.0. The Bertz CT molecular complexity index is 1060. The molecular weight excluding hydrogens is 444 g/mol. The van der Waals surface area contributed by atoms with Crippen molar-refractivity contribution in [3.63, 3.8) is 0 Å². The zero-order valence-electron chi connectivity index (χ0n) is 20.5. The van der Waals surface area contributed by atoms with Gasteiger partial charge < -0.3 is 20.5 Å². The molecule has 0 radical (unpaired) electrons. The molecule has 7 nitrogen and oxygen atoms in total. The van der Waals surface area contributed by atoms with Crippen LogP contribution in [0.25, 0.3) is 11.1 Å². The van der Waals surface area contributed by atoms with Crippen LogP contribution in [0.2, 0.25) is 0 Å². The number of hydrogen-bond donors (Lipinski definition) is 3. The number of carbonyl (C=O) groups is 3. The molecule has 4 rings (SSSR count). The number of carboxylic acid groups (broad SMARTS) is 1. The van der Waals surface area contributed by atoms with Crippen LogP contribution in [-0.4, -0.2) is 42.3 Å². The molecule has 1 fully saturated rings. The summed E-state index contributed by atoms with van der Waals surface area (Å²) in [5, 5.41) is 15.0. The fourth-order valence-electron chi connectivity index (χ4n) is 5.37. The fraction of sp³-hybridized carbons (Fsp3) is 0.464. The summed E-state index contributed by atoms with van der Waals surface area (Å²) < 4.78 is 5.63. The van der Waals surface area contributed by atoms with Crippen molar-refractivity contribution in [2.24, 2.45) is 17.3 Å². The van der Waals surface area contributed by atoms with E-state index in [-0.39, 0.29) is 30.9 Å². The number of fused-ring (bicyclic) bond motifs is 3. The Morgan fingerprint density at radius 3 is 2.17 bits per heavy atom. The van der Waals surface area contributed by atoms with Crippen LogP contribution in [0.5, 0.6) is 0 Å². The summed E-state index contributed by atoms with van der Waals surface area (Å²) in [5.41, 5.74) is 3.98. The number of amides is 2. The second kappa shape index (κ2) is 10.1. The summed E-state index contributed by atoms with van der Waals surface area (Å²) in [6.07, 6.45) is 1.61. The third-order valence-corrected chi connectivity index (χ3v) is 7.25. The Labute approximate surface area is 206 Å². The van der Waals surface area contributed by atoms with Crippen molar-refractivity contribution in [3.8, 4) is 11.1 Å². The number of nitrogens with one attached hydrogen (secondary N) is 2. The standard InChI is InChI=1S/C28H34N2O5/c1-28(2,3)24(25(31)29-15-17-9-8-14-18(17)26(32)33)30-27(34)35-16-23-21-12-6-4-10-19(21)20-11-5-7-13-22(20)23/h4-7,10-13,17-18,23-24H,8-9,14-16H2,1-3H3,(H,29,31)(H,30,34)(H,32,33)/t17-,18-,24?/m1/s1. The Hall–Kier alpha value is -3.35. The van der Waals surface area contributed by atoms with Gasteiger partial charge in [-0.05, 0) is 46.4 Å². The summed E-state index contributed by atoms with van der Waals surface area (Å²) in [6.45, 7) is 6.07. The third kappa shape index (κ3) is 5.34. The molecule has 3 N–H and O–H groups in total. The van der Waals surface area contributed by atoms with Gasteiger partial charge in [0, 0.05) is 12.5 Å². The first-order chi connectivity index (χ1) is 16.7. The monoisotopic (exact) mass is 478 g/mol. The highest BCUT2D eigenvalue weighted by molar-refractivity contribution is 5.86. The molecule has 7 heteroatoms. The van der Waals surface area contributed by atoms with E-state index < -0.39 is 29.4 Å². The van der Waals surface area contributed by atoms with E-state index in [2.05, 4.69) is 34.9 Å². The van der Waals surface area contributed by atoms with Crippen LogP contribution in [0.15, 0.2) is 48.5 Å². The molecule has 3 atom stereocenters. The van der Waals surface area contributed by atoms with Crippen LogP contribution in [-0.2, 0) is 14.3 Å². The van der Waals surface area contributed by atoms with Gasteiger partial charge in [0.2, 0.25) is 5.91 Å². The van der Waals surface area contributed by atoms with Crippen LogP contribution in [0.3, 0.4) is 0 Å². The van der Waals surface area contributed by atoms with E-state index in [9.17, 15) is 19.5 Å². The Morgan fingerprint density at radius 2 is 1.60 bits per heavy atom. The van der Waals surface area contributed by atoms with Crippen molar-refractivity contribution in [2.45, 2.75) is 52.0 Å². The van der Waals surface area contributed by atoms with Gasteiger partial charge in [0.15, 0.2) is 0 Å². The molecule has 2 aliphatic rings. The lowest BCUT2D eigenvalue weighted by molar-refractivity contribution is -0.143. The van der Waals surface area contributed by atoms with Crippen LogP contribution < -0.4 is 10.6 Å². The molecule has 1 saturated carbocycles. The van der Waals surface area contributed by atoms with Gasteiger partial charge in [-0.3, -0.25) is 9.59 Å². The number of carboxylic acids is 1. The molecule has 0 spiro atoms. The Kier molecular flexibility index (Phi) is 7.15. The van der Waals surface area contributed by atoms with Gasteiger partial charge in [-0.1, -0.05) is 75.7 Å². The highest BCUT2D eigenvalue weighted by Gasteiger charge is 2.37. The van der Waals surface area contributed by atoms with E-state index in [0.717, 1.165) is 35.1 Å². The van der Waals surface area contributed by atoms with E-state index in [4.69, 9.17) is 4.74 Å². The molecule has 2 aromatic rings. The van der Waals surface area contributed by atoms with Crippen LogP contribution in [0, 0.1) is 17.3 Å². The smallest absolute Gasteiger partial charge is 0.407 e. The van der Waals surface area contributed by atoms with Gasteiger partial charge in [0.1, 0.15) is 12.6 Å². The van der Waals surface area contributed by atoms with Crippen LogP contribution in [0.4, 0.5) is 4.79 Å². The van der Waals surface area contributed by atoms with Crippen LogP contribution in [0.1, 0.15) is 57.1 Å². The van der Waals surface area contributed by atoms with Gasteiger partial charge in [-0.25, -0.2) is 4.79 Å². The Morgan fingerprint density at radius 1 is 1.00 bits per heavy atom. The first-order valence-electron chi connectivity index (χ1n) is 12.3. The molecule has 0 saturated heterocycles.